The molecule has 0 fully saturated rings. The fourth-order valence-corrected chi connectivity index (χ4v) is 4.24. The Balaban J connectivity index is 1.42. The van der Waals surface area contributed by atoms with E-state index in [1.807, 2.05) is 43.1 Å². The van der Waals surface area contributed by atoms with Crippen LogP contribution in [0.4, 0.5) is 4.39 Å². The van der Waals surface area contributed by atoms with E-state index in [1.165, 1.54) is 17.7 Å². The number of nitrogens with one attached hydrogen (secondary N) is 1. The van der Waals surface area contributed by atoms with Crippen LogP contribution in [0.3, 0.4) is 0 Å². The fourth-order valence-electron chi connectivity index (χ4n) is 4.24. The number of aromatic amines is 1. The average molecular weight is 399 g/mol. The number of fused-ring (bicyclic) bond motifs is 2. The van der Waals surface area contributed by atoms with E-state index in [4.69, 9.17) is 0 Å². The van der Waals surface area contributed by atoms with Gasteiger partial charge in [0.15, 0.2) is 0 Å². The number of halogens is 1. The van der Waals surface area contributed by atoms with Gasteiger partial charge in [-0.3, -0.25) is 9.78 Å². The van der Waals surface area contributed by atoms with Crippen molar-refractivity contribution in [3.63, 3.8) is 0 Å². The number of amides is 1. The van der Waals surface area contributed by atoms with Gasteiger partial charge in [0.05, 0.1) is 16.8 Å². The van der Waals surface area contributed by atoms with Crippen LogP contribution in [-0.2, 0) is 0 Å². The fraction of sp³-hybridized carbons (Fsp3) is 0.200. The smallest absolute Gasteiger partial charge is 0.256 e. The molecule has 30 heavy (non-hydrogen) atoms. The lowest BCUT2D eigenvalue weighted by Gasteiger charge is -2.27. The normalized spacial score (nSPS) is 14.4. The van der Waals surface area contributed by atoms with E-state index in [-0.39, 0.29) is 11.7 Å². The van der Waals surface area contributed by atoms with Crippen LogP contribution < -0.4 is 0 Å². The number of hydrogen-bond donors (Lipinski definition) is 1. The second-order valence-corrected chi connectivity index (χ2v) is 7.94. The summed E-state index contributed by atoms with van der Waals surface area (Å²) in [5, 5.41) is 2.00. The first kappa shape index (κ1) is 18.6. The van der Waals surface area contributed by atoms with E-state index in [0.29, 0.717) is 18.7 Å². The maximum atomic E-state index is 13.5. The number of rotatable bonds is 2. The monoisotopic (exact) mass is 399 g/mol. The van der Waals surface area contributed by atoms with Gasteiger partial charge in [-0.1, -0.05) is 17.7 Å². The number of aromatic nitrogens is 2. The van der Waals surface area contributed by atoms with Gasteiger partial charge in [-0.25, -0.2) is 4.39 Å². The summed E-state index contributed by atoms with van der Waals surface area (Å²) in [6, 6.07) is 12.8. The second kappa shape index (κ2) is 7.10. The summed E-state index contributed by atoms with van der Waals surface area (Å²) in [6.07, 6.45) is 4.78. The van der Waals surface area contributed by atoms with Crippen LogP contribution in [0.15, 0.2) is 54.7 Å². The Bertz CT molecular complexity index is 1340. The molecule has 1 amide bonds. The molecule has 2 aromatic heterocycles. The molecule has 0 aliphatic carbocycles. The number of carbonyl (C=O) groups is 1. The maximum Gasteiger partial charge on any atom is 0.256 e. The minimum Gasteiger partial charge on any atom is -0.360 e. The summed E-state index contributed by atoms with van der Waals surface area (Å²) >= 11 is 0. The van der Waals surface area contributed by atoms with Crippen LogP contribution >= 0.6 is 0 Å². The molecule has 0 atom stereocenters. The molecule has 0 saturated carbocycles. The average Bonchev–Trinajstić information content (AvgIpc) is 3.16. The van der Waals surface area contributed by atoms with Crippen LogP contribution in [0, 0.1) is 19.7 Å². The lowest BCUT2D eigenvalue weighted by Crippen LogP contribution is -2.35. The quantitative estimate of drug-likeness (QED) is 0.490. The lowest BCUT2D eigenvalue weighted by atomic mass is 9.98. The van der Waals surface area contributed by atoms with E-state index in [2.05, 4.69) is 22.1 Å². The number of H-pyrrole nitrogens is 1. The SMILES string of the molecule is Cc1ccc2nc(C)c(C(=O)N3CC=C(c4c[nH]c5cc(F)ccc45)CC3)cc2c1. The summed E-state index contributed by atoms with van der Waals surface area (Å²) in [5.41, 5.74) is 6.52. The van der Waals surface area contributed by atoms with Crippen molar-refractivity contribution < 1.29 is 9.18 Å². The minimum absolute atomic E-state index is 0.0136. The van der Waals surface area contributed by atoms with E-state index < -0.39 is 0 Å². The molecule has 4 nitrogen and oxygen atoms in total. The number of nitrogens with zero attached hydrogens (tertiary/aromatic N) is 2. The highest BCUT2D eigenvalue weighted by Gasteiger charge is 2.22. The predicted molar refractivity (Wildman–Crippen MR) is 118 cm³/mol. The third-order valence-electron chi connectivity index (χ3n) is 5.88. The zero-order valence-electron chi connectivity index (χ0n) is 17.0. The first-order valence-corrected chi connectivity index (χ1v) is 10.1. The summed E-state index contributed by atoms with van der Waals surface area (Å²) < 4.78 is 13.5. The van der Waals surface area contributed by atoms with Crippen molar-refractivity contribution in [2.75, 3.05) is 13.1 Å². The number of carbonyl (C=O) groups excluding carboxylic acids is 1. The molecule has 1 N–H and O–H groups in total. The molecule has 150 valence electrons. The topological polar surface area (TPSA) is 49.0 Å². The first-order chi connectivity index (χ1) is 14.5. The van der Waals surface area contributed by atoms with Crippen LogP contribution in [-0.4, -0.2) is 33.9 Å². The molecule has 4 aromatic rings. The van der Waals surface area contributed by atoms with Gasteiger partial charge < -0.3 is 9.88 Å². The van der Waals surface area contributed by atoms with Crippen molar-refractivity contribution in [2.24, 2.45) is 0 Å². The van der Waals surface area contributed by atoms with Gasteiger partial charge in [0.25, 0.3) is 5.91 Å². The number of aryl methyl sites for hydroxylation is 2. The van der Waals surface area contributed by atoms with Gasteiger partial charge in [-0.15, -0.1) is 0 Å². The number of benzene rings is 2. The molecule has 1 aliphatic heterocycles. The Labute approximate surface area is 174 Å². The summed E-state index contributed by atoms with van der Waals surface area (Å²) in [6.45, 7) is 5.12. The first-order valence-electron chi connectivity index (χ1n) is 10.1. The van der Waals surface area contributed by atoms with Crippen molar-refractivity contribution in [3.8, 4) is 0 Å². The van der Waals surface area contributed by atoms with Gasteiger partial charge in [0, 0.05) is 41.1 Å². The molecule has 0 spiro atoms. The highest BCUT2D eigenvalue weighted by atomic mass is 19.1. The molecule has 0 radical (unpaired) electrons. The number of hydrogen-bond acceptors (Lipinski definition) is 2. The van der Waals surface area contributed by atoms with E-state index in [0.717, 1.165) is 45.0 Å². The van der Waals surface area contributed by atoms with Crippen LogP contribution in [0.1, 0.15) is 33.6 Å². The minimum atomic E-state index is -0.250. The Morgan fingerprint density at radius 1 is 1.13 bits per heavy atom. The third kappa shape index (κ3) is 3.16. The van der Waals surface area contributed by atoms with Gasteiger partial charge in [-0.2, -0.15) is 0 Å². The zero-order valence-corrected chi connectivity index (χ0v) is 17.0. The molecule has 5 rings (SSSR count). The van der Waals surface area contributed by atoms with Crippen LogP contribution in [0.2, 0.25) is 0 Å². The van der Waals surface area contributed by atoms with Crippen molar-refractivity contribution in [1.82, 2.24) is 14.9 Å². The van der Waals surface area contributed by atoms with Crippen molar-refractivity contribution in [2.45, 2.75) is 20.3 Å². The number of pyridine rings is 1. The molecule has 0 unspecified atom stereocenters. The largest absolute Gasteiger partial charge is 0.360 e. The molecule has 0 saturated heterocycles. The standard InChI is InChI=1S/C25H22FN3O/c1-15-3-6-23-18(11-15)12-21(16(2)28-23)25(30)29-9-7-17(8-10-29)22-14-27-24-13-19(26)4-5-20(22)24/h3-7,11-14,27H,8-10H2,1-2H3. The lowest BCUT2D eigenvalue weighted by molar-refractivity contribution is 0.0772. The summed E-state index contributed by atoms with van der Waals surface area (Å²) in [4.78, 5) is 22.8. The Morgan fingerprint density at radius 3 is 2.80 bits per heavy atom. The van der Waals surface area contributed by atoms with Crippen molar-refractivity contribution >= 4 is 33.3 Å². The Kier molecular flexibility index (Phi) is 4.39. The molecule has 5 heteroatoms. The molecular formula is C25H22FN3O. The van der Waals surface area contributed by atoms with E-state index in [1.54, 1.807) is 6.07 Å². The van der Waals surface area contributed by atoms with Crippen molar-refractivity contribution in [3.05, 3.63) is 82.9 Å². The summed E-state index contributed by atoms with van der Waals surface area (Å²) in [5.74, 6) is -0.237. The molecular weight excluding hydrogens is 377 g/mol. The predicted octanol–water partition coefficient (Wildman–Crippen LogP) is 5.40. The molecule has 2 aromatic carbocycles. The zero-order chi connectivity index (χ0) is 20.8. The molecule has 1 aliphatic rings. The van der Waals surface area contributed by atoms with Crippen LogP contribution in [0.25, 0.3) is 27.4 Å². The van der Waals surface area contributed by atoms with Crippen molar-refractivity contribution in [1.29, 1.82) is 0 Å². The maximum absolute atomic E-state index is 13.5. The Morgan fingerprint density at radius 2 is 2.00 bits per heavy atom. The van der Waals surface area contributed by atoms with E-state index in [9.17, 15) is 9.18 Å². The highest BCUT2D eigenvalue weighted by molar-refractivity contribution is 5.99. The third-order valence-corrected chi connectivity index (χ3v) is 5.88. The second-order valence-electron chi connectivity index (χ2n) is 7.94. The summed E-state index contributed by atoms with van der Waals surface area (Å²) in [7, 11) is 0. The highest BCUT2D eigenvalue weighted by Crippen LogP contribution is 2.30. The van der Waals surface area contributed by atoms with Gasteiger partial charge >= 0.3 is 0 Å². The van der Waals surface area contributed by atoms with Gasteiger partial charge in [0.1, 0.15) is 5.82 Å². The molecule has 3 heterocycles. The molecule has 0 bridgehead atoms. The Hall–Kier alpha value is -3.47. The van der Waals surface area contributed by atoms with Crippen LogP contribution in [0.5, 0.6) is 0 Å². The van der Waals surface area contributed by atoms with Gasteiger partial charge in [0.2, 0.25) is 0 Å². The van der Waals surface area contributed by atoms with E-state index >= 15 is 0 Å². The van der Waals surface area contributed by atoms with Gasteiger partial charge in [-0.05, 0) is 62.2 Å².